The molecular weight excluding hydrogens is 270 g/mol. The maximum absolute atomic E-state index is 4.70. The summed E-state index contributed by atoms with van der Waals surface area (Å²) in [6.07, 6.45) is 1.11. The van der Waals surface area contributed by atoms with Crippen molar-refractivity contribution < 1.29 is 0 Å². The van der Waals surface area contributed by atoms with E-state index in [0.29, 0.717) is 0 Å². The number of benzene rings is 2. The first-order valence-electron chi connectivity index (χ1n) is 7.77. The van der Waals surface area contributed by atoms with Crippen molar-refractivity contribution in [3.05, 3.63) is 71.4 Å². The third kappa shape index (κ3) is 2.01. The number of fused-ring (bicyclic) bond motifs is 3. The lowest BCUT2D eigenvalue weighted by Gasteiger charge is -2.29. The third-order valence-electron chi connectivity index (χ3n) is 4.30. The van der Waals surface area contributed by atoms with Crippen LogP contribution >= 0.6 is 0 Å². The van der Waals surface area contributed by atoms with Gasteiger partial charge in [-0.3, -0.25) is 0 Å². The van der Waals surface area contributed by atoms with Crippen LogP contribution < -0.4 is 5.32 Å². The van der Waals surface area contributed by atoms with Gasteiger partial charge in [0.2, 0.25) is 0 Å². The van der Waals surface area contributed by atoms with E-state index in [1.54, 1.807) is 0 Å². The number of para-hydroxylation sites is 1. The smallest absolute Gasteiger partial charge is 0.147 e. The van der Waals surface area contributed by atoms with Crippen LogP contribution in [0.3, 0.4) is 0 Å². The van der Waals surface area contributed by atoms with Gasteiger partial charge in [0.1, 0.15) is 6.17 Å². The first-order chi connectivity index (χ1) is 10.8. The fraction of sp³-hybridized carbons (Fsp3) is 0.211. The molecule has 1 unspecified atom stereocenters. The molecule has 1 aromatic heterocycles. The summed E-state index contributed by atoms with van der Waals surface area (Å²) < 4.78 is 2.10. The molecule has 1 N–H and O–H groups in total. The monoisotopic (exact) mass is 289 g/mol. The van der Waals surface area contributed by atoms with E-state index in [9.17, 15) is 0 Å². The molecule has 1 aliphatic rings. The van der Waals surface area contributed by atoms with Gasteiger partial charge in [-0.15, -0.1) is 0 Å². The molecule has 3 heteroatoms. The SMILES string of the molecule is CCc1ccc(C2Nc3ccccc3-c3cc(C)nn32)cc1. The first kappa shape index (κ1) is 13.1. The van der Waals surface area contributed by atoms with Gasteiger partial charge < -0.3 is 5.32 Å². The lowest BCUT2D eigenvalue weighted by molar-refractivity contribution is 0.571. The van der Waals surface area contributed by atoms with Crippen LogP contribution in [-0.2, 0) is 6.42 Å². The van der Waals surface area contributed by atoms with E-state index in [1.165, 1.54) is 28.1 Å². The topological polar surface area (TPSA) is 29.9 Å². The van der Waals surface area contributed by atoms with Gasteiger partial charge in [0.15, 0.2) is 0 Å². The number of rotatable bonds is 2. The second-order valence-electron chi connectivity index (χ2n) is 5.80. The van der Waals surface area contributed by atoms with Gasteiger partial charge >= 0.3 is 0 Å². The lowest BCUT2D eigenvalue weighted by atomic mass is 10.0. The zero-order chi connectivity index (χ0) is 15.1. The molecule has 0 saturated heterocycles. The van der Waals surface area contributed by atoms with Crippen LogP contribution in [-0.4, -0.2) is 9.78 Å². The quantitative estimate of drug-likeness (QED) is 0.758. The molecule has 0 amide bonds. The summed E-state index contributed by atoms with van der Waals surface area (Å²) in [5.74, 6) is 0. The molecule has 0 aliphatic carbocycles. The molecule has 2 aromatic carbocycles. The highest BCUT2D eigenvalue weighted by molar-refractivity contribution is 5.78. The largest absolute Gasteiger partial charge is 0.359 e. The highest BCUT2D eigenvalue weighted by atomic mass is 15.4. The maximum Gasteiger partial charge on any atom is 0.147 e. The highest BCUT2D eigenvalue weighted by Crippen LogP contribution is 2.38. The minimum Gasteiger partial charge on any atom is -0.359 e. The second kappa shape index (κ2) is 5.02. The minimum absolute atomic E-state index is 0.0458. The zero-order valence-corrected chi connectivity index (χ0v) is 12.9. The van der Waals surface area contributed by atoms with E-state index in [4.69, 9.17) is 5.10 Å². The summed E-state index contributed by atoms with van der Waals surface area (Å²) >= 11 is 0. The standard InChI is InChI=1S/C19H19N3/c1-3-14-8-10-15(11-9-14)19-20-17-7-5-4-6-16(17)18-12-13(2)21-22(18)19/h4-12,19-20H,3H2,1-2H3. The van der Waals surface area contributed by atoms with E-state index < -0.39 is 0 Å². The van der Waals surface area contributed by atoms with Gasteiger partial charge in [0.25, 0.3) is 0 Å². The molecular formula is C19H19N3. The van der Waals surface area contributed by atoms with Gasteiger partial charge in [-0.2, -0.15) is 5.10 Å². The minimum atomic E-state index is 0.0458. The summed E-state index contributed by atoms with van der Waals surface area (Å²) in [7, 11) is 0. The van der Waals surface area contributed by atoms with Crippen molar-refractivity contribution in [2.75, 3.05) is 5.32 Å². The predicted molar refractivity (Wildman–Crippen MR) is 90.0 cm³/mol. The van der Waals surface area contributed by atoms with Gasteiger partial charge in [-0.05, 0) is 36.6 Å². The number of aromatic nitrogens is 2. The van der Waals surface area contributed by atoms with Crippen molar-refractivity contribution >= 4 is 5.69 Å². The van der Waals surface area contributed by atoms with E-state index in [-0.39, 0.29) is 6.17 Å². The van der Waals surface area contributed by atoms with Gasteiger partial charge in [0.05, 0.1) is 11.4 Å². The van der Waals surface area contributed by atoms with Gasteiger partial charge in [-0.1, -0.05) is 49.4 Å². The Kier molecular flexibility index (Phi) is 3.00. The highest BCUT2D eigenvalue weighted by Gasteiger charge is 2.25. The number of hydrogen-bond acceptors (Lipinski definition) is 2. The predicted octanol–water partition coefficient (Wildman–Crippen LogP) is 4.39. The Morgan fingerprint density at radius 1 is 1.09 bits per heavy atom. The second-order valence-corrected chi connectivity index (χ2v) is 5.80. The normalized spacial score (nSPS) is 15.8. The van der Waals surface area contributed by atoms with Crippen LogP contribution in [0.5, 0.6) is 0 Å². The zero-order valence-electron chi connectivity index (χ0n) is 12.9. The van der Waals surface area contributed by atoms with Crippen molar-refractivity contribution in [3.8, 4) is 11.3 Å². The fourth-order valence-electron chi connectivity index (χ4n) is 3.12. The Balaban J connectivity index is 1.84. The summed E-state index contributed by atoms with van der Waals surface area (Å²) in [4.78, 5) is 0. The average Bonchev–Trinajstić information content (AvgIpc) is 2.96. The molecule has 110 valence electrons. The molecule has 2 heterocycles. The van der Waals surface area contributed by atoms with Crippen molar-refractivity contribution in [1.82, 2.24) is 9.78 Å². The molecule has 0 saturated carbocycles. The first-order valence-corrected chi connectivity index (χ1v) is 7.77. The molecule has 3 aromatic rings. The molecule has 22 heavy (non-hydrogen) atoms. The fourth-order valence-corrected chi connectivity index (χ4v) is 3.12. The number of nitrogens with zero attached hydrogens (tertiary/aromatic N) is 2. The molecule has 0 fully saturated rings. The number of hydrogen-bond donors (Lipinski definition) is 1. The van der Waals surface area contributed by atoms with Crippen molar-refractivity contribution in [2.45, 2.75) is 26.4 Å². The van der Waals surface area contributed by atoms with Crippen molar-refractivity contribution in [1.29, 1.82) is 0 Å². The van der Waals surface area contributed by atoms with Crippen molar-refractivity contribution in [2.24, 2.45) is 0 Å². The Bertz CT molecular complexity index is 815. The molecule has 1 atom stereocenters. The van der Waals surface area contributed by atoms with Crippen LogP contribution in [0.2, 0.25) is 0 Å². The Morgan fingerprint density at radius 3 is 2.64 bits per heavy atom. The molecule has 1 aliphatic heterocycles. The summed E-state index contributed by atoms with van der Waals surface area (Å²) in [6.45, 7) is 4.23. The Morgan fingerprint density at radius 2 is 1.86 bits per heavy atom. The van der Waals surface area contributed by atoms with E-state index in [1.807, 2.05) is 6.92 Å². The van der Waals surface area contributed by atoms with Crippen LogP contribution in [0.15, 0.2) is 54.6 Å². The van der Waals surface area contributed by atoms with Crippen LogP contribution in [0, 0.1) is 6.92 Å². The van der Waals surface area contributed by atoms with E-state index >= 15 is 0 Å². The third-order valence-corrected chi connectivity index (χ3v) is 4.30. The maximum atomic E-state index is 4.70. The van der Waals surface area contributed by atoms with Gasteiger partial charge in [-0.25, -0.2) is 4.68 Å². The van der Waals surface area contributed by atoms with E-state index in [2.05, 4.69) is 71.5 Å². The van der Waals surface area contributed by atoms with Gasteiger partial charge in [0, 0.05) is 11.3 Å². The lowest BCUT2D eigenvalue weighted by Crippen LogP contribution is -2.25. The van der Waals surface area contributed by atoms with E-state index in [0.717, 1.165) is 12.1 Å². The molecule has 0 bridgehead atoms. The number of anilines is 1. The number of aryl methyl sites for hydroxylation is 2. The Labute approximate surface area is 130 Å². The van der Waals surface area contributed by atoms with Crippen LogP contribution in [0.25, 0.3) is 11.3 Å². The summed E-state index contributed by atoms with van der Waals surface area (Å²) in [5, 5.41) is 8.33. The average molecular weight is 289 g/mol. The van der Waals surface area contributed by atoms with Crippen LogP contribution in [0.4, 0.5) is 5.69 Å². The molecule has 4 rings (SSSR count). The van der Waals surface area contributed by atoms with Crippen LogP contribution in [0.1, 0.15) is 29.9 Å². The summed E-state index contributed by atoms with van der Waals surface area (Å²) in [6, 6.07) is 19.4. The number of nitrogens with one attached hydrogen (secondary N) is 1. The Hall–Kier alpha value is -2.55. The molecule has 0 radical (unpaired) electrons. The summed E-state index contributed by atoms with van der Waals surface area (Å²) in [5.41, 5.74) is 7.19. The molecule has 0 spiro atoms. The molecule has 3 nitrogen and oxygen atoms in total. The van der Waals surface area contributed by atoms with Crippen molar-refractivity contribution in [3.63, 3.8) is 0 Å².